The summed E-state index contributed by atoms with van der Waals surface area (Å²) in [6.07, 6.45) is 0.817. The summed E-state index contributed by atoms with van der Waals surface area (Å²) in [7, 11) is 0. The first-order valence-corrected chi connectivity index (χ1v) is 4.86. The number of benzene rings is 1. The van der Waals surface area contributed by atoms with Crippen molar-refractivity contribution in [2.75, 3.05) is 0 Å². The van der Waals surface area contributed by atoms with Crippen LogP contribution in [0.2, 0.25) is 0 Å². The Hall–Kier alpha value is -2.30. The first kappa shape index (κ1) is 8.96. The average Bonchev–Trinajstić information content (AvgIpc) is 2.76. The molecule has 3 aromatic rings. The van der Waals surface area contributed by atoms with Crippen molar-refractivity contribution in [3.63, 3.8) is 0 Å². The highest BCUT2D eigenvalue weighted by Gasteiger charge is 2.06. The van der Waals surface area contributed by atoms with Crippen molar-refractivity contribution in [2.45, 2.75) is 6.92 Å². The molecule has 2 heterocycles. The van der Waals surface area contributed by atoms with Crippen molar-refractivity contribution in [2.24, 2.45) is 0 Å². The van der Waals surface area contributed by atoms with Gasteiger partial charge in [0.25, 0.3) is 0 Å². The lowest BCUT2D eigenvalue weighted by atomic mass is 10.1. The minimum Gasteiger partial charge on any atom is -0.298 e. The highest BCUT2D eigenvalue weighted by molar-refractivity contribution is 5.90. The van der Waals surface area contributed by atoms with Gasteiger partial charge in [-0.15, -0.1) is 5.10 Å². The number of aromatic nitrogens is 4. The number of tetrazole rings is 1. The molecule has 5 heteroatoms. The zero-order valence-corrected chi connectivity index (χ0v) is 8.58. The summed E-state index contributed by atoms with van der Waals surface area (Å²) in [6, 6.07) is 7.41. The zero-order valence-electron chi connectivity index (χ0n) is 8.58. The van der Waals surface area contributed by atoms with Crippen molar-refractivity contribution in [1.82, 2.24) is 20.0 Å². The molecule has 0 N–H and O–H groups in total. The molecule has 0 radical (unpaired) electrons. The lowest BCUT2D eigenvalue weighted by Gasteiger charge is -2.03. The van der Waals surface area contributed by atoms with Crippen LogP contribution in [0.25, 0.3) is 16.6 Å². The number of nitrogens with zero attached hydrogens (tertiary/aromatic N) is 4. The van der Waals surface area contributed by atoms with E-state index in [0.29, 0.717) is 11.2 Å². The number of rotatable bonds is 1. The molecule has 0 saturated carbocycles. The first-order chi connectivity index (χ1) is 7.79. The van der Waals surface area contributed by atoms with E-state index in [4.69, 9.17) is 0 Å². The van der Waals surface area contributed by atoms with Gasteiger partial charge in [0.15, 0.2) is 5.65 Å². The van der Waals surface area contributed by atoms with E-state index in [9.17, 15) is 4.79 Å². The third-order valence-electron chi connectivity index (χ3n) is 2.65. The molecule has 5 nitrogen and oxygen atoms in total. The maximum absolute atomic E-state index is 10.7. The largest absolute Gasteiger partial charge is 0.298 e. The van der Waals surface area contributed by atoms with Crippen molar-refractivity contribution in [1.29, 1.82) is 0 Å². The smallest absolute Gasteiger partial charge is 0.180 e. The summed E-state index contributed by atoms with van der Waals surface area (Å²) < 4.78 is 1.63. The topological polar surface area (TPSA) is 60.1 Å². The summed E-state index contributed by atoms with van der Waals surface area (Å²) in [5.41, 5.74) is 3.25. The van der Waals surface area contributed by atoms with Crippen LogP contribution in [-0.4, -0.2) is 26.3 Å². The fraction of sp³-hybridized carbons (Fsp3) is 0.0909. The van der Waals surface area contributed by atoms with Crippen LogP contribution in [0, 0.1) is 6.92 Å². The van der Waals surface area contributed by atoms with Crippen LogP contribution >= 0.6 is 0 Å². The molecule has 0 saturated heterocycles. The van der Waals surface area contributed by atoms with Gasteiger partial charge in [-0.05, 0) is 35.0 Å². The van der Waals surface area contributed by atoms with Crippen LogP contribution in [0.1, 0.15) is 15.9 Å². The van der Waals surface area contributed by atoms with Crippen LogP contribution < -0.4 is 0 Å². The van der Waals surface area contributed by atoms with Crippen LogP contribution in [0.15, 0.2) is 24.3 Å². The van der Waals surface area contributed by atoms with Crippen LogP contribution in [0.5, 0.6) is 0 Å². The van der Waals surface area contributed by atoms with Crippen LogP contribution in [0.4, 0.5) is 0 Å². The van der Waals surface area contributed by atoms with Gasteiger partial charge in [-0.2, -0.15) is 4.52 Å². The van der Waals surface area contributed by atoms with E-state index < -0.39 is 0 Å². The summed E-state index contributed by atoms with van der Waals surface area (Å²) in [5.74, 6) is 0. The number of aldehydes is 1. The molecule has 78 valence electrons. The number of hydrogen-bond acceptors (Lipinski definition) is 4. The SMILES string of the molecule is Cc1cc2nnnn2c2cc(C=O)ccc12. The van der Waals surface area contributed by atoms with Gasteiger partial charge in [-0.3, -0.25) is 4.79 Å². The van der Waals surface area contributed by atoms with E-state index in [1.54, 1.807) is 16.6 Å². The number of fused-ring (bicyclic) bond motifs is 3. The van der Waals surface area contributed by atoms with Crippen LogP contribution in [-0.2, 0) is 0 Å². The average molecular weight is 212 g/mol. The third kappa shape index (κ3) is 1.11. The molecule has 0 aliphatic carbocycles. The number of aryl methyl sites for hydroxylation is 1. The fourth-order valence-corrected chi connectivity index (χ4v) is 1.86. The number of hydrogen-bond donors (Lipinski definition) is 0. The molecule has 1 aromatic carbocycles. The minimum atomic E-state index is 0.620. The molecule has 0 aliphatic heterocycles. The predicted molar refractivity (Wildman–Crippen MR) is 58.4 cm³/mol. The second-order valence-electron chi connectivity index (χ2n) is 3.67. The standard InChI is InChI=1S/C11H8N4O/c1-7-4-11-12-13-14-15(11)10-5-8(6-16)2-3-9(7)10/h2-6H,1H3. The third-order valence-corrected chi connectivity index (χ3v) is 2.65. The monoisotopic (exact) mass is 212 g/mol. The summed E-state index contributed by atoms with van der Waals surface area (Å²) in [4.78, 5) is 10.7. The molecule has 3 rings (SSSR count). The number of carbonyl (C=O) groups excluding carboxylic acids is 1. The highest BCUT2D eigenvalue weighted by atomic mass is 16.1. The van der Waals surface area contributed by atoms with Crippen LogP contribution in [0.3, 0.4) is 0 Å². The molecule has 16 heavy (non-hydrogen) atoms. The molecule has 0 aliphatic rings. The molecule has 0 atom stereocenters. The Morgan fingerprint density at radius 3 is 3.00 bits per heavy atom. The summed E-state index contributed by atoms with van der Waals surface area (Å²) in [5, 5.41) is 12.5. The van der Waals surface area contributed by atoms with Crippen molar-refractivity contribution >= 4 is 22.8 Å². The summed E-state index contributed by atoms with van der Waals surface area (Å²) >= 11 is 0. The van der Waals surface area contributed by atoms with Gasteiger partial charge in [0.2, 0.25) is 0 Å². The van der Waals surface area contributed by atoms with Crippen molar-refractivity contribution in [3.05, 3.63) is 35.4 Å². The fourth-order valence-electron chi connectivity index (χ4n) is 1.86. The Morgan fingerprint density at radius 1 is 1.31 bits per heavy atom. The van der Waals surface area contributed by atoms with E-state index in [1.165, 1.54) is 0 Å². The van der Waals surface area contributed by atoms with E-state index in [1.807, 2.05) is 19.1 Å². The number of carbonyl (C=O) groups is 1. The predicted octanol–water partition coefficient (Wildman–Crippen LogP) is 1.40. The van der Waals surface area contributed by atoms with E-state index in [2.05, 4.69) is 15.5 Å². The normalized spacial score (nSPS) is 11.1. The summed E-state index contributed by atoms with van der Waals surface area (Å²) in [6.45, 7) is 2.00. The van der Waals surface area contributed by atoms with Crippen molar-refractivity contribution < 1.29 is 4.79 Å². The Bertz CT molecular complexity index is 702. The van der Waals surface area contributed by atoms with Gasteiger partial charge < -0.3 is 0 Å². The highest BCUT2D eigenvalue weighted by Crippen LogP contribution is 2.20. The lowest BCUT2D eigenvalue weighted by molar-refractivity contribution is 0.112. The van der Waals surface area contributed by atoms with Gasteiger partial charge in [0, 0.05) is 10.9 Å². The van der Waals surface area contributed by atoms with Gasteiger partial charge in [0.05, 0.1) is 5.52 Å². The molecule has 0 unspecified atom stereocenters. The second-order valence-corrected chi connectivity index (χ2v) is 3.67. The number of pyridine rings is 1. The Labute approximate surface area is 90.7 Å². The minimum absolute atomic E-state index is 0.620. The molecular weight excluding hydrogens is 204 g/mol. The van der Waals surface area contributed by atoms with Gasteiger partial charge in [0.1, 0.15) is 6.29 Å². The van der Waals surface area contributed by atoms with E-state index >= 15 is 0 Å². The Morgan fingerprint density at radius 2 is 2.19 bits per heavy atom. The quantitative estimate of drug-likeness (QED) is 0.572. The van der Waals surface area contributed by atoms with E-state index in [-0.39, 0.29) is 0 Å². The Balaban J connectivity index is 2.57. The molecule has 0 spiro atoms. The first-order valence-electron chi connectivity index (χ1n) is 4.86. The Kier molecular flexibility index (Phi) is 1.73. The zero-order chi connectivity index (χ0) is 11.1. The molecule has 2 aromatic heterocycles. The molecule has 0 amide bonds. The van der Waals surface area contributed by atoms with Crippen molar-refractivity contribution in [3.8, 4) is 0 Å². The maximum Gasteiger partial charge on any atom is 0.180 e. The molecule has 0 bridgehead atoms. The van der Waals surface area contributed by atoms with E-state index in [0.717, 1.165) is 22.8 Å². The molecular formula is C11H8N4O. The lowest BCUT2D eigenvalue weighted by Crippen LogP contribution is -1.94. The van der Waals surface area contributed by atoms with Gasteiger partial charge in [-0.1, -0.05) is 12.1 Å². The van der Waals surface area contributed by atoms with Gasteiger partial charge >= 0.3 is 0 Å². The molecule has 0 fully saturated rings. The maximum atomic E-state index is 10.7. The second kappa shape index (κ2) is 3.10. The van der Waals surface area contributed by atoms with Gasteiger partial charge in [-0.25, -0.2) is 0 Å².